The van der Waals surface area contributed by atoms with Crippen LogP contribution in [0.4, 0.5) is 0 Å². The molecule has 0 atom stereocenters. The topological polar surface area (TPSA) is 36.1 Å². The first-order chi connectivity index (χ1) is 5.36. The second kappa shape index (κ2) is 4.12. The number of aliphatic imine (C=N–C) groups is 1. The lowest BCUT2D eigenvalue weighted by atomic mass is 9.87. The number of hydrogen-bond donors (Lipinski definition) is 0. The Hall–Kier alpha value is -0.840. The Morgan fingerprint density at radius 2 is 2.00 bits per heavy atom. The molecule has 0 amide bonds. The zero-order chi connectivity index (χ0) is 8.10. The molecule has 0 heterocycles. The van der Waals surface area contributed by atoms with E-state index < -0.39 is 0 Å². The van der Waals surface area contributed by atoms with Crippen molar-refractivity contribution in [3.05, 3.63) is 0 Å². The van der Waals surface area contributed by atoms with Gasteiger partial charge in [-0.3, -0.25) is 4.99 Å². The summed E-state index contributed by atoms with van der Waals surface area (Å²) >= 11 is 0. The van der Waals surface area contributed by atoms with E-state index in [9.17, 15) is 0 Å². The minimum atomic E-state index is 0.304. The lowest BCUT2D eigenvalue weighted by Gasteiger charge is -2.20. The summed E-state index contributed by atoms with van der Waals surface area (Å²) < 4.78 is 0. The summed E-state index contributed by atoms with van der Waals surface area (Å²) in [6, 6.07) is 2.82. The van der Waals surface area contributed by atoms with Crippen molar-refractivity contribution in [2.45, 2.75) is 38.6 Å². The first-order valence-corrected chi connectivity index (χ1v) is 4.24. The van der Waals surface area contributed by atoms with E-state index in [2.05, 4.69) is 11.1 Å². The van der Waals surface area contributed by atoms with Gasteiger partial charge in [-0.1, -0.05) is 0 Å². The highest BCUT2D eigenvalue weighted by molar-refractivity contribution is 5.53. The lowest BCUT2D eigenvalue weighted by molar-refractivity contribution is 0.384. The predicted octanol–water partition coefficient (Wildman–Crippen LogP) is 2.16. The zero-order valence-corrected chi connectivity index (χ0v) is 6.95. The average molecular weight is 150 g/mol. The van der Waals surface area contributed by atoms with E-state index in [0.717, 1.165) is 25.7 Å². The van der Waals surface area contributed by atoms with Crippen LogP contribution >= 0.6 is 0 Å². The first-order valence-electron chi connectivity index (χ1n) is 4.24. The summed E-state index contributed by atoms with van der Waals surface area (Å²) in [5.74, 6) is 0.304. The molecule has 0 aromatic heterocycles. The molecule has 0 spiro atoms. The van der Waals surface area contributed by atoms with Gasteiger partial charge in [-0.15, -0.1) is 0 Å². The van der Waals surface area contributed by atoms with Crippen molar-refractivity contribution in [1.82, 2.24) is 0 Å². The van der Waals surface area contributed by atoms with Crippen LogP contribution in [0.3, 0.4) is 0 Å². The monoisotopic (exact) mass is 150 g/mol. The molecular weight excluding hydrogens is 136 g/mol. The van der Waals surface area contributed by atoms with E-state index in [0.29, 0.717) is 12.0 Å². The van der Waals surface area contributed by atoms with Gasteiger partial charge in [-0.25, -0.2) is 0 Å². The SMILES string of the molecule is C/C=N\C1CCC(C#N)CC1. The van der Waals surface area contributed by atoms with Crippen molar-refractivity contribution < 1.29 is 0 Å². The van der Waals surface area contributed by atoms with E-state index in [-0.39, 0.29) is 0 Å². The Kier molecular flexibility index (Phi) is 3.10. The van der Waals surface area contributed by atoms with E-state index in [4.69, 9.17) is 5.26 Å². The Balaban J connectivity index is 2.31. The highest BCUT2D eigenvalue weighted by Crippen LogP contribution is 2.25. The smallest absolute Gasteiger partial charge is 0.0655 e. The van der Waals surface area contributed by atoms with Gasteiger partial charge >= 0.3 is 0 Å². The maximum absolute atomic E-state index is 8.62. The lowest BCUT2D eigenvalue weighted by Crippen LogP contribution is -2.15. The third kappa shape index (κ3) is 2.34. The van der Waals surface area contributed by atoms with E-state index in [1.165, 1.54) is 0 Å². The van der Waals surface area contributed by atoms with Crippen LogP contribution in [-0.2, 0) is 0 Å². The van der Waals surface area contributed by atoms with Gasteiger partial charge in [0.05, 0.1) is 6.07 Å². The number of rotatable bonds is 1. The molecule has 2 nitrogen and oxygen atoms in total. The summed E-state index contributed by atoms with van der Waals surface area (Å²) in [7, 11) is 0. The van der Waals surface area contributed by atoms with Gasteiger partial charge < -0.3 is 0 Å². The minimum absolute atomic E-state index is 0.304. The second-order valence-corrected chi connectivity index (χ2v) is 3.04. The summed E-state index contributed by atoms with van der Waals surface area (Å²) in [5, 5.41) is 8.62. The Morgan fingerprint density at radius 3 is 2.45 bits per heavy atom. The second-order valence-electron chi connectivity index (χ2n) is 3.04. The first kappa shape index (κ1) is 8.26. The van der Waals surface area contributed by atoms with E-state index in [1.807, 2.05) is 13.1 Å². The van der Waals surface area contributed by atoms with E-state index in [1.54, 1.807) is 0 Å². The number of nitriles is 1. The molecule has 1 aliphatic rings. The van der Waals surface area contributed by atoms with Crippen LogP contribution in [-0.4, -0.2) is 12.3 Å². The van der Waals surface area contributed by atoms with Gasteiger partial charge in [0.1, 0.15) is 0 Å². The van der Waals surface area contributed by atoms with Crippen molar-refractivity contribution in [3.8, 4) is 6.07 Å². The molecule has 1 fully saturated rings. The van der Waals surface area contributed by atoms with Crippen LogP contribution in [0.5, 0.6) is 0 Å². The molecule has 0 unspecified atom stereocenters. The molecule has 1 aliphatic carbocycles. The van der Waals surface area contributed by atoms with Crippen molar-refractivity contribution in [2.24, 2.45) is 10.9 Å². The Labute approximate surface area is 67.9 Å². The molecule has 0 N–H and O–H groups in total. The van der Waals surface area contributed by atoms with Gasteiger partial charge in [0.2, 0.25) is 0 Å². The van der Waals surface area contributed by atoms with Gasteiger partial charge in [0.25, 0.3) is 0 Å². The fourth-order valence-electron chi connectivity index (χ4n) is 1.56. The maximum atomic E-state index is 8.62. The van der Waals surface area contributed by atoms with Crippen LogP contribution < -0.4 is 0 Å². The maximum Gasteiger partial charge on any atom is 0.0655 e. The summed E-state index contributed by atoms with van der Waals surface area (Å²) in [5.41, 5.74) is 0. The van der Waals surface area contributed by atoms with E-state index >= 15 is 0 Å². The number of hydrogen-bond acceptors (Lipinski definition) is 2. The van der Waals surface area contributed by atoms with Gasteiger partial charge in [0.15, 0.2) is 0 Å². The molecule has 0 aromatic carbocycles. The summed E-state index contributed by atoms with van der Waals surface area (Å²) in [6.07, 6.45) is 6.15. The molecule has 11 heavy (non-hydrogen) atoms. The van der Waals surface area contributed by atoms with Crippen LogP contribution in [0.2, 0.25) is 0 Å². The highest BCUT2D eigenvalue weighted by atomic mass is 14.8. The molecule has 60 valence electrons. The van der Waals surface area contributed by atoms with Crippen LogP contribution in [0, 0.1) is 17.2 Å². The Bertz CT molecular complexity index is 170. The number of nitrogens with zero attached hydrogens (tertiary/aromatic N) is 2. The van der Waals surface area contributed by atoms with Gasteiger partial charge in [-0.2, -0.15) is 5.26 Å². The van der Waals surface area contributed by atoms with Crippen LogP contribution in [0.15, 0.2) is 4.99 Å². The fraction of sp³-hybridized carbons (Fsp3) is 0.778. The third-order valence-electron chi connectivity index (χ3n) is 2.24. The van der Waals surface area contributed by atoms with Crippen molar-refractivity contribution in [3.63, 3.8) is 0 Å². The molecule has 0 bridgehead atoms. The zero-order valence-electron chi connectivity index (χ0n) is 6.95. The predicted molar refractivity (Wildman–Crippen MR) is 45.5 cm³/mol. The quantitative estimate of drug-likeness (QED) is 0.527. The highest BCUT2D eigenvalue weighted by Gasteiger charge is 2.19. The molecule has 0 radical (unpaired) electrons. The van der Waals surface area contributed by atoms with Crippen molar-refractivity contribution in [2.75, 3.05) is 0 Å². The fourth-order valence-corrected chi connectivity index (χ4v) is 1.56. The minimum Gasteiger partial charge on any atom is -0.295 e. The van der Waals surface area contributed by atoms with Crippen LogP contribution in [0.25, 0.3) is 0 Å². The van der Waals surface area contributed by atoms with Gasteiger partial charge in [-0.05, 0) is 38.8 Å². The normalized spacial score (nSPS) is 32.0. The molecule has 1 saturated carbocycles. The molecule has 1 rings (SSSR count). The summed E-state index contributed by atoms with van der Waals surface area (Å²) in [6.45, 7) is 1.95. The Morgan fingerprint density at radius 1 is 1.36 bits per heavy atom. The van der Waals surface area contributed by atoms with Crippen LogP contribution in [0.1, 0.15) is 32.6 Å². The third-order valence-corrected chi connectivity index (χ3v) is 2.24. The average Bonchev–Trinajstić information content (AvgIpc) is 2.07. The molecule has 0 saturated heterocycles. The molecule has 0 aliphatic heterocycles. The standard InChI is InChI=1S/C9H14N2/c1-2-11-9-5-3-8(7-10)4-6-9/h2,8-9H,3-6H2,1H3/b11-2-. The van der Waals surface area contributed by atoms with Gasteiger partial charge in [0, 0.05) is 12.0 Å². The van der Waals surface area contributed by atoms with Crippen molar-refractivity contribution in [1.29, 1.82) is 5.26 Å². The summed E-state index contributed by atoms with van der Waals surface area (Å²) in [4.78, 5) is 4.32. The molecular formula is C9H14N2. The largest absolute Gasteiger partial charge is 0.295 e. The molecule has 0 aromatic rings. The molecule has 2 heteroatoms. The van der Waals surface area contributed by atoms with Crippen molar-refractivity contribution >= 4 is 6.21 Å².